The summed E-state index contributed by atoms with van der Waals surface area (Å²) in [5, 5.41) is 14.0. The van der Waals surface area contributed by atoms with Crippen molar-refractivity contribution in [3.8, 4) is 23.0 Å². The van der Waals surface area contributed by atoms with Crippen LogP contribution in [0.2, 0.25) is 0 Å². The molecule has 0 bridgehead atoms. The van der Waals surface area contributed by atoms with Crippen molar-refractivity contribution in [3.05, 3.63) is 90.7 Å². The van der Waals surface area contributed by atoms with Crippen LogP contribution in [-0.2, 0) is 9.53 Å². The molecule has 27 heavy (non-hydrogen) atoms. The fraction of sp³-hybridized carbons (Fsp3) is 0.0455. The standard InChI is InChI=1S/C22H17N3O2/c1-2-13-27-22(26)18(15-23)14-19-16-25(20-11-7-4-8-12-20)24-21(19)17-9-5-3-6-10-17/h2-12,14,16H,1,13H2/b18-14+. The number of rotatable bonds is 6. The van der Waals surface area contributed by atoms with E-state index in [0.29, 0.717) is 11.3 Å². The zero-order valence-electron chi connectivity index (χ0n) is 14.6. The highest BCUT2D eigenvalue weighted by Crippen LogP contribution is 2.25. The molecule has 3 aromatic rings. The molecule has 3 rings (SSSR count). The van der Waals surface area contributed by atoms with Gasteiger partial charge in [0.1, 0.15) is 18.2 Å². The molecule has 0 saturated carbocycles. The van der Waals surface area contributed by atoms with Gasteiger partial charge < -0.3 is 4.74 Å². The first-order valence-electron chi connectivity index (χ1n) is 8.33. The smallest absolute Gasteiger partial charge is 0.349 e. The number of nitrogens with zero attached hydrogens (tertiary/aromatic N) is 3. The van der Waals surface area contributed by atoms with Crippen LogP contribution in [0.4, 0.5) is 0 Å². The molecule has 5 nitrogen and oxygen atoms in total. The topological polar surface area (TPSA) is 67.9 Å². The van der Waals surface area contributed by atoms with Crippen molar-refractivity contribution in [2.24, 2.45) is 0 Å². The first-order valence-corrected chi connectivity index (χ1v) is 8.33. The Labute approximate surface area is 157 Å². The van der Waals surface area contributed by atoms with E-state index in [9.17, 15) is 10.1 Å². The third kappa shape index (κ3) is 4.20. The van der Waals surface area contributed by atoms with E-state index in [1.165, 1.54) is 12.2 Å². The largest absolute Gasteiger partial charge is 0.457 e. The zero-order chi connectivity index (χ0) is 19.1. The van der Waals surface area contributed by atoms with Gasteiger partial charge in [0, 0.05) is 17.3 Å². The van der Waals surface area contributed by atoms with Crippen LogP contribution in [0.3, 0.4) is 0 Å². The van der Waals surface area contributed by atoms with E-state index in [4.69, 9.17) is 4.74 Å². The Bertz CT molecular complexity index is 1010. The van der Waals surface area contributed by atoms with Crippen LogP contribution in [0.15, 0.2) is 85.1 Å². The maximum absolute atomic E-state index is 12.1. The fourth-order valence-corrected chi connectivity index (χ4v) is 2.53. The number of ether oxygens (including phenoxy) is 1. The highest BCUT2D eigenvalue weighted by atomic mass is 16.5. The van der Waals surface area contributed by atoms with Crippen molar-refractivity contribution >= 4 is 12.0 Å². The lowest BCUT2D eigenvalue weighted by Gasteiger charge is -2.01. The summed E-state index contributed by atoms with van der Waals surface area (Å²) >= 11 is 0. The molecule has 0 atom stereocenters. The van der Waals surface area contributed by atoms with Crippen LogP contribution in [0.5, 0.6) is 0 Å². The highest BCUT2D eigenvalue weighted by Gasteiger charge is 2.15. The predicted octanol–water partition coefficient (Wildman–Crippen LogP) is 4.18. The average Bonchev–Trinajstić information content (AvgIpc) is 3.15. The Morgan fingerprint density at radius 2 is 1.81 bits per heavy atom. The number of nitriles is 1. The van der Waals surface area contributed by atoms with Crippen LogP contribution in [0.1, 0.15) is 5.56 Å². The summed E-state index contributed by atoms with van der Waals surface area (Å²) in [6.45, 7) is 3.55. The van der Waals surface area contributed by atoms with Gasteiger partial charge in [-0.3, -0.25) is 0 Å². The minimum atomic E-state index is -0.691. The van der Waals surface area contributed by atoms with Gasteiger partial charge >= 0.3 is 5.97 Å². The Morgan fingerprint density at radius 3 is 2.44 bits per heavy atom. The molecule has 5 heteroatoms. The van der Waals surface area contributed by atoms with Gasteiger partial charge in [0.15, 0.2) is 0 Å². The van der Waals surface area contributed by atoms with Gasteiger partial charge in [-0.1, -0.05) is 61.2 Å². The third-order valence-corrected chi connectivity index (χ3v) is 3.78. The van der Waals surface area contributed by atoms with Crippen molar-refractivity contribution in [3.63, 3.8) is 0 Å². The second-order valence-electron chi connectivity index (χ2n) is 5.64. The molecule has 0 radical (unpaired) electrons. The lowest BCUT2D eigenvalue weighted by molar-refractivity contribution is -0.137. The number of aromatic nitrogens is 2. The van der Waals surface area contributed by atoms with Gasteiger partial charge in [-0.2, -0.15) is 10.4 Å². The van der Waals surface area contributed by atoms with Crippen molar-refractivity contribution in [2.45, 2.75) is 0 Å². The van der Waals surface area contributed by atoms with Crippen LogP contribution in [0, 0.1) is 11.3 Å². The van der Waals surface area contributed by atoms with E-state index in [-0.39, 0.29) is 12.2 Å². The molecule has 0 amide bonds. The van der Waals surface area contributed by atoms with Crippen LogP contribution < -0.4 is 0 Å². The van der Waals surface area contributed by atoms with Gasteiger partial charge in [0.2, 0.25) is 0 Å². The monoisotopic (exact) mass is 355 g/mol. The fourth-order valence-electron chi connectivity index (χ4n) is 2.53. The van der Waals surface area contributed by atoms with E-state index in [1.807, 2.05) is 66.7 Å². The third-order valence-electron chi connectivity index (χ3n) is 3.78. The molecule has 0 aliphatic rings. The molecule has 0 aliphatic carbocycles. The lowest BCUT2D eigenvalue weighted by Crippen LogP contribution is -2.06. The van der Waals surface area contributed by atoms with E-state index in [0.717, 1.165) is 11.3 Å². The molecule has 2 aromatic carbocycles. The maximum atomic E-state index is 12.1. The Balaban J connectivity index is 2.09. The summed E-state index contributed by atoms with van der Waals surface area (Å²) in [4.78, 5) is 12.1. The molecule has 0 saturated heterocycles. The molecule has 1 aromatic heterocycles. The van der Waals surface area contributed by atoms with Crippen molar-refractivity contribution in [1.82, 2.24) is 9.78 Å². The first kappa shape index (κ1) is 17.9. The van der Waals surface area contributed by atoms with Crippen LogP contribution in [0.25, 0.3) is 23.0 Å². The number of carbonyl (C=O) groups excluding carboxylic acids is 1. The van der Waals surface area contributed by atoms with E-state index in [2.05, 4.69) is 11.7 Å². The zero-order valence-corrected chi connectivity index (χ0v) is 14.6. The number of carbonyl (C=O) groups is 1. The highest BCUT2D eigenvalue weighted by molar-refractivity contribution is 5.98. The van der Waals surface area contributed by atoms with E-state index in [1.54, 1.807) is 10.9 Å². The van der Waals surface area contributed by atoms with Crippen molar-refractivity contribution in [1.29, 1.82) is 5.26 Å². The normalized spacial score (nSPS) is 10.9. The number of para-hydroxylation sites is 1. The van der Waals surface area contributed by atoms with E-state index < -0.39 is 5.97 Å². The quantitative estimate of drug-likeness (QED) is 0.288. The summed E-state index contributed by atoms with van der Waals surface area (Å²) < 4.78 is 6.70. The first-order chi connectivity index (χ1) is 13.2. The summed E-state index contributed by atoms with van der Waals surface area (Å²) in [5.74, 6) is -0.691. The minimum absolute atomic E-state index is 0.0483. The van der Waals surface area contributed by atoms with E-state index >= 15 is 0 Å². The summed E-state index contributed by atoms with van der Waals surface area (Å²) in [7, 11) is 0. The Morgan fingerprint density at radius 1 is 1.15 bits per heavy atom. The molecular formula is C22H17N3O2. The molecule has 0 unspecified atom stereocenters. The minimum Gasteiger partial charge on any atom is -0.457 e. The van der Waals surface area contributed by atoms with Gasteiger partial charge in [-0.25, -0.2) is 9.48 Å². The SMILES string of the molecule is C=CCOC(=O)/C(C#N)=C/c1cn(-c2ccccc2)nc1-c1ccccc1. The Hall–Kier alpha value is -3.91. The number of esters is 1. The van der Waals surface area contributed by atoms with Crippen LogP contribution >= 0.6 is 0 Å². The molecule has 1 heterocycles. The summed E-state index contributed by atoms with van der Waals surface area (Å²) in [6.07, 6.45) is 4.74. The maximum Gasteiger partial charge on any atom is 0.349 e. The number of hydrogen-bond donors (Lipinski definition) is 0. The molecule has 0 fully saturated rings. The van der Waals surface area contributed by atoms with Gasteiger partial charge in [0.25, 0.3) is 0 Å². The molecule has 0 aliphatic heterocycles. The average molecular weight is 355 g/mol. The molecule has 0 N–H and O–H groups in total. The van der Waals surface area contributed by atoms with Gasteiger partial charge in [-0.05, 0) is 18.2 Å². The molecule has 132 valence electrons. The molecular weight excluding hydrogens is 338 g/mol. The second kappa shape index (κ2) is 8.45. The van der Waals surface area contributed by atoms with Gasteiger partial charge in [0.05, 0.1) is 11.4 Å². The summed E-state index contributed by atoms with van der Waals surface area (Å²) in [5.41, 5.74) is 2.99. The van der Waals surface area contributed by atoms with Gasteiger partial charge in [-0.15, -0.1) is 0 Å². The number of hydrogen-bond acceptors (Lipinski definition) is 4. The summed E-state index contributed by atoms with van der Waals surface area (Å²) in [6, 6.07) is 21.1. The van der Waals surface area contributed by atoms with Crippen molar-refractivity contribution in [2.75, 3.05) is 6.61 Å². The Kier molecular flexibility index (Phi) is 5.60. The molecule has 0 spiro atoms. The predicted molar refractivity (Wildman–Crippen MR) is 104 cm³/mol. The number of benzene rings is 2. The lowest BCUT2D eigenvalue weighted by atomic mass is 10.1. The van der Waals surface area contributed by atoms with Crippen LogP contribution in [-0.4, -0.2) is 22.4 Å². The van der Waals surface area contributed by atoms with Crippen molar-refractivity contribution < 1.29 is 9.53 Å². The second-order valence-corrected chi connectivity index (χ2v) is 5.64.